The summed E-state index contributed by atoms with van der Waals surface area (Å²) in [7, 11) is 0. The van der Waals surface area contributed by atoms with Crippen LogP contribution >= 0.6 is 0 Å². The fourth-order valence-electron chi connectivity index (χ4n) is 1.81. The van der Waals surface area contributed by atoms with E-state index >= 15 is 0 Å². The number of aldehydes is 1. The lowest BCUT2D eigenvalue weighted by molar-refractivity contribution is 0.111. The Morgan fingerprint density at radius 1 is 0.783 bits per heavy atom. The van der Waals surface area contributed by atoms with Gasteiger partial charge in [-0.3, -0.25) is 4.79 Å². The van der Waals surface area contributed by atoms with E-state index in [1.54, 1.807) is 12.1 Å². The van der Waals surface area contributed by atoms with E-state index < -0.39 is 0 Å². The molecule has 23 heavy (non-hydrogen) atoms. The summed E-state index contributed by atoms with van der Waals surface area (Å²) in [5.74, 6) is 2.76. The van der Waals surface area contributed by atoms with E-state index in [9.17, 15) is 4.79 Å². The topological polar surface area (TPSA) is 44.8 Å². The van der Waals surface area contributed by atoms with Crippen LogP contribution in [-0.4, -0.2) is 26.1 Å². The highest BCUT2D eigenvalue weighted by Crippen LogP contribution is 2.40. The van der Waals surface area contributed by atoms with Gasteiger partial charge in [0, 0.05) is 0 Å². The van der Waals surface area contributed by atoms with Crippen LogP contribution in [0.4, 0.5) is 0 Å². The van der Waals surface area contributed by atoms with Crippen molar-refractivity contribution in [3.63, 3.8) is 0 Å². The molecule has 130 valence electrons. The van der Waals surface area contributed by atoms with Gasteiger partial charge in [-0.2, -0.15) is 0 Å². The first kappa shape index (κ1) is 19.3. The van der Waals surface area contributed by atoms with Gasteiger partial charge < -0.3 is 14.2 Å². The molecule has 0 aromatic heterocycles. The van der Waals surface area contributed by atoms with Crippen LogP contribution < -0.4 is 14.2 Å². The van der Waals surface area contributed by atoms with Crippen molar-refractivity contribution in [3.05, 3.63) is 17.7 Å². The monoisotopic (exact) mass is 322 g/mol. The maximum atomic E-state index is 11.4. The molecule has 0 fully saturated rings. The zero-order valence-electron chi connectivity index (χ0n) is 15.2. The van der Waals surface area contributed by atoms with E-state index in [-0.39, 0.29) is 0 Å². The van der Waals surface area contributed by atoms with Crippen LogP contribution in [-0.2, 0) is 0 Å². The summed E-state index contributed by atoms with van der Waals surface area (Å²) in [6.45, 7) is 14.1. The molecule has 1 aromatic rings. The summed E-state index contributed by atoms with van der Waals surface area (Å²) in [4.78, 5) is 11.4. The third-order valence-corrected chi connectivity index (χ3v) is 2.93. The lowest BCUT2D eigenvalue weighted by Crippen LogP contribution is -2.12. The Labute approximate surface area is 140 Å². The number of benzene rings is 1. The predicted molar refractivity (Wildman–Crippen MR) is 92.8 cm³/mol. The van der Waals surface area contributed by atoms with Gasteiger partial charge >= 0.3 is 0 Å². The van der Waals surface area contributed by atoms with Crippen LogP contribution in [0, 0.1) is 17.8 Å². The summed E-state index contributed by atoms with van der Waals surface area (Å²) in [6, 6.07) is 3.50. The van der Waals surface area contributed by atoms with E-state index in [1.807, 2.05) is 0 Å². The first-order valence-electron chi connectivity index (χ1n) is 8.35. The second kappa shape index (κ2) is 9.43. The summed E-state index contributed by atoms with van der Waals surface area (Å²) in [5, 5.41) is 0. The second-order valence-corrected chi connectivity index (χ2v) is 7.04. The van der Waals surface area contributed by atoms with E-state index in [1.165, 1.54) is 0 Å². The van der Waals surface area contributed by atoms with Crippen molar-refractivity contribution in [1.82, 2.24) is 0 Å². The molecule has 0 aliphatic heterocycles. The number of ether oxygens (including phenoxy) is 3. The Morgan fingerprint density at radius 3 is 1.74 bits per heavy atom. The highest BCUT2D eigenvalue weighted by atomic mass is 16.5. The minimum Gasteiger partial charge on any atom is -0.489 e. The van der Waals surface area contributed by atoms with Crippen LogP contribution in [0.2, 0.25) is 0 Å². The molecule has 0 aliphatic rings. The zero-order chi connectivity index (χ0) is 17.4. The smallest absolute Gasteiger partial charge is 0.204 e. The molecule has 0 radical (unpaired) electrons. The van der Waals surface area contributed by atoms with Crippen LogP contribution in [0.15, 0.2) is 12.1 Å². The standard InChI is InChI=1S/C19H30O4/c1-13(2)10-21-17-8-7-16(9-20)18(22-11-14(3)4)19(17)23-12-15(5)6/h7-9,13-15H,10-12H2,1-6H3. The van der Waals surface area contributed by atoms with Crippen LogP contribution in [0.25, 0.3) is 0 Å². The maximum Gasteiger partial charge on any atom is 0.204 e. The number of hydrogen-bond acceptors (Lipinski definition) is 4. The average Bonchev–Trinajstić information content (AvgIpc) is 2.48. The molecule has 0 atom stereocenters. The first-order chi connectivity index (χ1) is 10.8. The summed E-state index contributed by atoms with van der Waals surface area (Å²) < 4.78 is 17.6. The van der Waals surface area contributed by atoms with E-state index in [4.69, 9.17) is 14.2 Å². The molecule has 0 aliphatic carbocycles. The minimum atomic E-state index is 0.354. The molecule has 1 rings (SSSR count). The zero-order valence-corrected chi connectivity index (χ0v) is 15.2. The predicted octanol–water partition coefficient (Wildman–Crippen LogP) is 4.60. The molecule has 4 heteroatoms. The van der Waals surface area contributed by atoms with Gasteiger partial charge in [0.15, 0.2) is 17.8 Å². The third-order valence-electron chi connectivity index (χ3n) is 2.93. The SMILES string of the molecule is CC(C)COc1ccc(C=O)c(OCC(C)C)c1OCC(C)C. The molecule has 0 spiro atoms. The molecule has 1 aromatic carbocycles. The minimum absolute atomic E-state index is 0.354. The number of hydrogen-bond donors (Lipinski definition) is 0. The van der Waals surface area contributed by atoms with Crippen molar-refractivity contribution in [2.75, 3.05) is 19.8 Å². The quantitative estimate of drug-likeness (QED) is 0.590. The van der Waals surface area contributed by atoms with Crippen LogP contribution in [0.1, 0.15) is 51.9 Å². The van der Waals surface area contributed by atoms with E-state index in [2.05, 4.69) is 41.5 Å². The summed E-state index contributed by atoms with van der Waals surface area (Å²) in [5.41, 5.74) is 0.487. The molecule has 0 bridgehead atoms. The first-order valence-corrected chi connectivity index (χ1v) is 8.35. The van der Waals surface area contributed by atoms with Crippen LogP contribution in [0.5, 0.6) is 17.2 Å². The molecule has 0 heterocycles. The highest BCUT2D eigenvalue weighted by molar-refractivity contribution is 5.82. The molecular formula is C19H30O4. The maximum absolute atomic E-state index is 11.4. The Bertz CT molecular complexity index is 492. The van der Waals surface area contributed by atoms with E-state index in [0.717, 1.165) is 6.29 Å². The van der Waals surface area contributed by atoms with Crippen molar-refractivity contribution in [1.29, 1.82) is 0 Å². The normalized spacial score (nSPS) is 11.2. The Kier molecular flexibility index (Phi) is 7.93. The molecule has 0 N–H and O–H groups in total. The van der Waals surface area contributed by atoms with Crippen molar-refractivity contribution < 1.29 is 19.0 Å². The fraction of sp³-hybridized carbons (Fsp3) is 0.632. The number of rotatable bonds is 10. The molecular weight excluding hydrogens is 292 g/mol. The van der Waals surface area contributed by atoms with Crippen LogP contribution in [0.3, 0.4) is 0 Å². The van der Waals surface area contributed by atoms with E-state index in [0.29, 0.717) is 60.4 Å². The largest absolute Gasteiger partial charge is 0.489 e. The van der Waals surface area contributed by atoms with Gasteiger partial charge in [0.25, 0.3) is 0 Å². The second-order valence-electron chi connectivity index (χ2n) is 7.04. The molecule has 0 unspecified atom stereocenters. The van der Waals surface area contributed by atoms with Crippen molar-refractivity contribution in [2.24, 2.45) is 17.8 Å². The summed E-state index contributed by atoms with van der Waals surface area (Å²) >= 11 is 0. The van der Waals surface area contributed by atoms with Crippen molar-refractivity contribution >= 4 is 6.29 Å². The Hall–Kier alpha value is -1.71. The third kappa shape index (κ3) is 6.51. The highest BCUT2D eigenvalue weighted by Gasteiger charge is 2.19. The van der Waals surface area contributed by atoms with Gasteiger partial charge in [-0.05, 0) is 29.9 Å². The van der Waals surface area contributed by atoms with Crippen molar-refractivity contribution in [2.45, 2.75) is 41.5 Å². The Balaban J connectivity index is 3.16. The molecule has 0 saturated carbocycles. The number of carbonyl (C=O) groups is 1. The van der Waals surface area contributed by atoms with Gasteiger partial charge in [-0.15, -0.1) is 0 Å². The summed E-state index contributed by atoms with van der Waals surface area (Å²) in [6.07, 6.45) is 0.796. The Morgan fingerprint density at radius 2 is 1.26 bits per heavy atom. The number of carbonyl (C=O) groups excluding carboxylic acids is 1. The molecule has 0 saturated heterocycles. The molecule has 0 amide bonds. The van der Waals surface area contributed by atoms with Gasteiger partial charge in [-0.25, -0.2) is 0 Å². The van der Waals surface area contributed by atoms with Gasteiger partial charge in [0.2, 0.25) is 5.75 Å². The lowest BCUT2D eigenvalue weighted by Gasteiger charge is -2.20. The lowest BCUT2D eigenvalue weighted by atomic mass is 10.1. The van der Waals surface area contributed by atoms with Gasteiger partial charge in [0.1, 0.15) is 0 Å². The van der Waals surface area contributed by atoms with Crippen molar-refractivity contribution in [3.8, 4) is 17.2 Å². The van der Waals surface area contributed by atoms with Gasteiger partial charge in [0.05, 0.1) is 25.4 Å². The van der Waals surface area contributed by atoms with Gasteiger partial charge in [-0.1, -0.05) is 41.5 Å². The fourth-order valence-corrected chi connectivity index (χ4v) is 1.81. The molecule has 4 nitrogen and oxygen atoms in total. The average molecular weight is 322 g/mol.